The maximum Gasteiger partial charge on any atom is 0.261 e. The van der Waals surface area contributed by atoms with Gasteiger partial charge in [0.25, 0.3) is 15.9 Å². The van der Waals surface area contributed by atoms with E-state index in [1.54, 1.807) is 12.1 Å². The van der Waals surface area contributed by atoms with Crippen LogP contribution in [0, 0.1) is 5.82 Å². The van der Waals surface area contributed by atoms with Crippen LogP contribution in [0.15, 0.2) is 71.6 Å². The molecule has 1 aromatic heterocycles. The molecule has 0 unspecified atom stereocenters. The molecule has 0 spiro atoms. The van der Waals surface area contributed by atoms with E-state index >= 15 is 0 Å². The van der Waals surface area contributed by atoms with Crippen LogP contribution in [0.4, 0.5) is 15.2 Å². The van der Waals surface area contributed by atoms with Gasteiger partial charge in [0.1, 0.15) is 5.82 Å². The standard InChI is InChI=1S/C20H13ClFN3O3S2/c21-12-5-8-14(9-6-12)30(27,28)25-16-4-2-1-3-15(16)19(26)24-20-23-17-10-7-13(22)11-18(17)29-20/h1-11,25H,(H,23,24,26). The van der Waals surface area contributed by atoms with Gasteiger partial charge in [-0.05, 0) is 54.6 Å². The number of amides is 1. The molecule has 0 bridgehead atoms. The van der Waals surface area contributed by atoms with Crippen molar-refractivity contribution >= 4 is 59.9 Å². The maximum atomic E-state index is 13.4. The van der Waals surface area contributed by atoms with Gasteiger partial charge in [-0.2, -0.15) is 0 Å². The quantitative estimate of drug-likeness (QED) is 0.430. The number of fused-ring (bicyclic) bond motifs is 1. The van der Waals surface area contributed by atoms with Crippen LogP contribution >= 0.6 is 22.9 Å². The lowest BCUT2D eigenvalue weighted by molar-refractivity contribution is 0.102. The van der Waals surface area contributed by atoms with Gasteiger partial charge >= 0.3 is 0 Å². The molecular formula is C20H13ClFN3O3S2. The molecule has 3 aromatic carbocycles. The Morgan fingerprint density at radius 2 is 1.77 bits per heavy atom. The predicted molar refractivity (Wildman–Crippen MR) is 116 cm³/mol. The van der Waals surface area contributed by atoms with Crippen molar-refractivity contribution in [3.05, 3.63) is 83.1 Å². The minimum Gasteiger partial charge on any atom is -0.298 e. The number of halogens is 2. The molecule has 1 heterocycles. The summed E-state index contributed by atoms with van der Waals surface area (Å²) in [5.41, 5.74) is 0.769. The number of aromatic nitrogens is 1. The van der Waals surface area contributed by atoms with Crippen LogP contribution in [0.1, 0.15) is 10.4 Å². The SMILES string of the molecule is O=C(Nc1nc2ccc(F)cc2s1)c1ccccc1NS(=O)(=O)c1ccc(Cl)cc1. The van der Waals surface area contributed by atoms with Crippen molar-refractivity contribution in [1.82, 2.24) is 4.98 Å². The van der Waals surface area contributed by atoms with Crippen LogP contribution in [0.5, 0.6) is 0 Å². The van der Waals surface area contributed by atoms with Crippen molar-refractivity contribution in [2.45, 2.75) is 4.90 Å². The Kier molecular flexibility index (Phi) is 5.42. The van der Waals surface area contributed by atoms with Crippen LogP contribution in [-0.4, -0.2) is 19.3 Å². The minimum absolute atomic E-state index is 0.00955. The number of carbonyl (C=O) groups is 1. The van der Waals surface area contributed by atoms with Crippen LogP contribution in [0.2, 0.25) is 5.02 Å². The summed E-state index contributed by atoms with van der Waals surface area (Å²) in [5, 5.41) is 3.32. The fourth-order valence-corrected chi connectivity index (χ4v) is 4.80. The molecule has 0 radical (unpaired) electrons. The van der Waals surface area contributed by atoms with E-state index in [0.29, 0.717) is 15.2 Å². The monoisotopic (exact) mass is 461 g/mol. The second-order valence-electron chi connectivity index (χ2n) is 6.19. The van der Waals surface area contributed by atoms with E-state index in [1.807, 2.05) is 0 Å². The topological polar surface area (TPSA) is 88.2 Å². The molecular weight excluding hydrogens is 449 g/mol. The molecule has 0 aliphatic heterocycles. The summed E-state index contributed by atoms with van der Waals surface area (Å²) in [6, 6.07) is 16.0. The summed E-state index contributed by atoms with van der Waals surface area (Å²) in [6.45, 7) is 0. The minimum atomic E-state index is -3.93. The van der Waals surface area contributed by atoms with Gasteiger partial charge in [0, 0.05) is 5.02 Å². The predicted octanol–water partition coefficient (Wildman–Crippen LogP) is 5.14. The molecule has 6 nitrogen and oxygen atoms in total. The highest BCUT2D eigenvalue weighted by Gasteiger charge is 2.19. The lowest BCUT2D eigenvalue weighted by atomic mass is 10.2. The second kappa shape index (κ2) is 8.02. The first-order valence-electron chi connectivity index (χ1n) is 8.57. The molecule has 0 atom stereocenters. The Morgan fingerprint density at radius 3 is 2.53 bits per heavy atom. The molecule has 4 aromatic rings. The number of carbonyl (C=O) groups excluding carboxylic acids is 1. The van der Waals surface area contributed by atoms with Gasteiger partial charge in [-0.1, -0.05) is 35.1 Å². The molecule has 0 fully saturated rings. The van der Waals surface area contributed by atoms with Crippen molar-refractivity contribution in [3.63, 3.8) is 0 Å². The van der Waals surface area contributed by atoms with E-state index in [4.69, 9.17) is 11.6 Å². The lowest BCUT2D eigenvalue weighted by Gasteiger charge is -2.12. The molecule has 10 heteroatoms. The van der Waals surface area contributed by atoms with E-state index in [-0.39, 0.29) is 21.3 Å². The average molecular weight is 462 g/mol. The summed E-state index contributed by atoms with van der Waals surface area (Å²) in [4.78, 5) is 17.0. The molecule has 2 N–H and O–H groups in total. The number of rotatable bonds is 5. The first kappa shape index (κ1) is 20.3. The van der Waals surface area contributed by atoms with Crippen LogP contribution < -0.4 is 10.0 Å². The average Bonchev–Trinajstić information content (AvgIpc) is 3.09. The zero-order valence-corrected chi connectivity index (χ0v) is 17.5. The molecule has 1 amide bonds. The Bertz CT molecular complexity index is 1360. The number of nitrogens with zero attached hydrogens (tertiary/aromatic N) is 1. The van der Waals surface area contributed by atoms with Gasteiger partial charge in [-0.3, -0.25) is 14.8 Å². The van der Waals surface area contributed by atoms with Gasteiger partial charge < -0.3 is 0 Å². The Labute approximate surface area is 180 Å². The first-order chi connectivity index (χ1) is 14.3. The normalized spacial score (nSPS) is 11.4. The summed E-state index contributed by atoms with van der Waals surface area (Å²) >= 11 is 6.93. The second-order valence-corrected chi connectivity index (χ2v) is 9.34. The van der Waals surface area contributed by atoms with Crippen LogP contribution in [-0.2, 0) is 10.0 Å². The van der Waals surface area contributed by atoms with Crippen molar-refractivity contribution in [2.24, 2.45) is 0 Å². The zero-order chi connectivity index (χ0) is 21.3. The van der Waals surface area contributed by atoms with Crippen molar-refractivity contribution in [1.29, 1.82) is 0 Å². The molecule has 0 saturated carbocycles. The fourth-order valence-electron chi connectivity index (χ4n) is 2.70. The summed E-state index contributed by atoms with van der Waals surface area (Å²) in [6.07, 6.45) is 0. The number of sulfonamides is 1. The number of thiazole rings is 1. The number of para-hydroxylation sites is 1. The number of nitrogens with one attached hydrogen (secondary N) is 2. The van der Waals surface area contributed by atoms with E-state index in [9.17, 15) is 17.6 Å². The highest BCUT2D eigenvalue weighted by atomic mass is 35.5. The third kappa shape index (κ3) is 4.28. The molecule has 152 valence electrons. The maximum absolute atomic E-state index is 13.4. The van der Waals surface area contributed by atoms with Crippen molar-refractivity contribution in [3.8, 4) is 0 Å². The Balaban J connectivity index is 1.60. The Hall–Kier alpha value is -3.01. The van der Waals surface area contributed by atoms with Gasteiger partial charge in [-0.25, -0.2) is 17.8 Å². The summed E-state index contributed by atoms with van der Waals surface area (Å²) in [5.74, 6) is -0.949. The molecule has 0 aliphatic rings. The fraction of sp³-hybridized carbons (Fsp3) is 0. The van der Waals surface area contributed by atoms with Crippen molar-refractivity contribution < 1.29 is 17.6 Å². The summed E-state index contributed by atoms with van der Waals surface area (Å²) in [7, 11) is -3.93. The molecule has 0 saturated heterocycles. The zero-order valence-electron chi connectivity index (χ0n) is 15.1. The molecule has 0 aliphatic carbocycles. The number of hydrogen-bond acceptors (Lipinski definition) is 5. The van der Waals surface area contributed by atoms with Gasteiger partial charge in [-0.15, -0.1) is 0 Å². The van der Waals surface area contributed by atoms with E-state index in [1.165, 1.54) is 54.6 Å². The molecule has 30 heavy (non-hydrogen) atoms. The summed E-state index contributed by atoms with van der Waals surface area (Å²) < 4.78 is 41.7. The number of hydrogen-bond donors (Lipinski definition) is 2. The number of benzene rings is 3. The van der Waals surface area contributed by atoms with Crippen LogP contribution in [0.25, 0.3) is 10.2 Å². The van der Waals surface area contributed by atoms with E-state index in [0.717, 1.165) is 11.3 Å². The smallest absolute Gasteiger partial charge is 0.261 e. The third-order valence-electron chi connectivity index (χ3n) is 4.11. The lowest BCUT2D eigenvalue weighted by Crippen LogP contribution is -2.18. The van der Waals surface area contributed by atoms with E-state index in [2.05, 4.69) is 15.0 Å². The first-order valence-corrected chi connectivity index (χ1v) is 11.2. The Morgan fingerprint density at radius 1 is 1.03 bits per heavy atom. The highest BCUT2D eigenvalue weighted by molar-refractivity contribution is 7.92. The third-order valence-corrected chi connectivity index (χ3v) is 6.68. The highest BCUT2D eigenvalue weighted by Crippen LogP contribution is 2.28. The van der Waals surface area contributed by atoms with Crippen molar-refractivity contribution in [2.75, 3.05) is 10.0 Å². The van der Waals surface area contributed by atoms with Gasteiger partial charge in [0.2, 0.25) is 0 Å². The van der Waals surface area contributed by atoms with Gasteiger partial charge in [0.15, 0.2) is 5.13 Å². The number of anilines is 2. The molecule has 4 rings (SSSR count). The van der Waals surface area contributed by atoms with E-state index < -0.39 is 21.7 Å². The van der Waals surface area contributed by atoms with Crippen LogP contribution in [0.3, 0.4) is 0 Å². The van der Waals surface area contributed by atoms with Gasteiger partial charge in [0.05, 0.1) is 26.4 Å². The largest absolute Gasteiger partial charge is 0.298 e.